The van der Waals surface area contributed by atoms with Crippen LogP contribution in [0.2, 0.25) is 0 Å². The van der Waals surface area contributed by atoms with Crippen LogP contribution in [0.1, 0.15) is 35.3 Å². The van der Waals surface area contributed by atoms with Crippen LogP contribution < -0.4 is 10.1 Å². The Labute approximate surface area is 174 Å². The van der Waals surface area contributed by atoms with E-state index < -0.39 is 9.84 Å². The van der Waals surface area contributed by atoms with E-state index in [0.29, 0.717) is 12.3 Å². The number of carbonyl (C=O) groups excluding carboxylic acids is 1. The first-order valence-electron chi connectivity index (χ1n) is 9.36. The van der Waals surface area contributed by atoms with Gasteiger partial charge in [0.2, 0.25) is 15.7 Å². The number of fused-ring (bicyclic) bond motifs is 1. The molecule has 0 spiro atoms. The lowest BCUT2D eigenvalue weighted by Gasteiger charge is -2.25. The number of nitrogens with one attached hydrogen (secondary N) is 1. The van der Waals surface area contributed by atoms with E-state index in [-0.39, 0.29) is 28.0 Å². The molecule has 1 aromatic heterocycles. The average Bonchev–Trinajstić information content (AvgIpc) is 3.12. The third-order valence-electron chi connectivity index (χ3n) is 4.94. The molecule has 0 saturated carbocycles. The Morgan fingerprint density at radius 3 is 2.72 bits per heavy atom. The summed E-state index contributed by atoms with van der Waals surface area (Å²) in [5.41, 5.74) is 2.15. The first-order valence-corrected chi connectivity index (χ1v) is 11.7. The summed E-state index contributed by atoms with van der Waals surface area (Å²) in [7, 11) is -3.74. The molecule has 0 bridgehead atoms. The van der Waals surface area contributed by atoms with Gasteiger partial charge < -0.3 is 10.1 Å². The molecule has 0 aliphatic carbocycles. The normalized spacial score (nSPS) is 16.2. The Morgan fingerprint density at radius 2 is 1.97 bits per heavy atom. The van der Waals surface area contributed by atoms with Crippen molar-refractivity contribution in [3.8, 4) is 5.75 Å². The van der Waals surface area contributed by atoms with E-state index in [0.717, 1.165) is 21.8 Å². The molecule has 4 rings (SSSR count). The number of carbonyl (C=O) groups is 1. The van der Waals surface area contributed by atoms with Crippen LogP contribution in [-0.4, -0.2) is 20.9 Å². The number of hydrogen-bond acceptors (Lipinski definition) is 5. The monoisotopic (exact) mass is 427 g/mol. The standard InChI is InChI=1S/C22H21NO4S2/c1-3-27-18-10-5-4-9-16(18)17-12-20(24)23-21-19(13-28-22(17)21)29(25,26)15-8-6-7-14(2)11-15/h4-11,13,17H,3,12H2,1-2H3,(H,23,24). The summed E-state index contributed by atoms with van der Waals surface area (Å²) in [6, 6.07) is 14.4. The highest BCUT2D eigenvalue weighted by Crippen LogP contribution is 2.47. The van der Waals surface area contributed by atoms with Gasteiger partial charge in [-0.25, -0.2) is 8.42 Å². The molecular formula is C22H21NO4S2. The molecule has 1 N–H and O–H groups in total. The fourth-order valence-electron chi connectivity index (χ4n) is 3.62. The Kier molecular flexibility index (Phi) is 5.19. The largest absolute Gasteiger partial charge is 0.494 e. The van der Waals surface area contributed by atoms with Gasteiger partial charge in [-0.05, 0) is 37.6 Å². The SMILES string of the molecule is CCOc1ccccc1C1CC(=O)Nc2c(S(=O)(=O)c3cccc(C)c3)csc21. The number of aryl methyl sites for hydroxylation is 1. The van der Waals surface area contributed by atoms with Crippen LogP contribution in [0, 0.1) is 6.92 Å². The van der Waals surface area contributed by atoms with Crippen LogP contribution in [0.25, 0.3) is 0 Å². The van der Waals surface area contributed by atoms with Crippen molar-refractivity contribution in [3.05, 3.63) is 69.9 Å². The van der Waals surface area contributed by atoms with Crippen LogP contribution in [-0.2, 0) is 14.6 Å². The van der Waals surface area contributed by atoms with E-state index in [2.05, 4.69) is 5.32 Å². The summed E-state index contributed by atoms with van der Waals surface area (Å²) in [5, 5.41) is 4.43. The number of ether oxygens (including phenoxy) is 1. The quantitative estimate of drug-likeness (QED) is 0.637. The smallest absolute Gasteiger partial charge is 0.225 e. The zero-order valence-electron chi connectivity index (χ0n) is 16.1. The lowest BCUT2D eigenvalue weighted by atomic mass is 9.90. The maximum atomic E-state index is 13.3. The van der Waals surface area contributed by atoms with Gasteiger partial charge in [0.25, 0.3) is 0 Å². The molecule has 29 heavy (non-hydrogen) atoms. The van der Waals surface area contributed by atoms with Crippen LogP contribution in [0.4, 0.5) is 5.69 Å². The van der Waals surface area contributed by atoms with E-state index in [1.807, 2.05) is 44.2 Å². The minimum atomic E-state index is -3.74. The van der Waals surface area contributed by atoms with E-state index in [4.69, 9.17) is 4.74 Å². The third-order valence-corrected chi connectivity index (χ3v) is 7.96. The maximum absolute atomic E-state index is 13.3. The summed E-state index contributed by atoms with van der Waals surface area (Å²) >= 11 is 1.36. The van der Waals surface area contributed by atoms with Gasteiger partial charge in [0.05, 0.1) is 17.2 Å². The van der Waals surface area contributed by atoms with Gasteiger partial charge in [-0.15, -0.1) is 11.3 Å². The molecule has 1 unspecified atom stereocenters. The molecule has 0 saturated heterocycles. The molecule has 2 heterocycles. The highest BCUT2D eigenvalue weighted by molar-refractivity contribution is 7.91. The predicted molar refractivity (Wildman–Crippen MR) is 114 cm³/mol. The van der Waals surface area contributed by atoms with Gasteiger partial charge in [0.15, 0.2) is 0 Å². The lowest BCUT2D eigenvalue weighted by molar-refractivity contribution is -0.116. The summed E-state index contributed by atoms with van der Waals surface area (Å²) in [6.07, 6.45) is 0.252. The predicted octanol–water partition coefficient (Wildman–Crippen LogP) is 4.76. The lowest BCUT2D eigenvalue weighted by Crippen LogP contribution is -2.23. The minimum Gasteiger partial charge on any atom is -0.494 e. The number of thiophene rings is 1. The summed E-state index contributed by atoms with van der Waals surface area (Å²) in [4.78, 5) is 13.7. The molecule has 150 valence electrons. The van der Waals surface area contributed by atoms with E-state index in [1.54, 1.807) is 23.6 Å². The van der Waals surface area contributed by atoms with E-state index >= 15 is 0 Å². The highest BCUT2D eigenvalue weighted by atomic mass is 32.2. The topological polar surface area (TPSA) is 72.5 Å². The number of para-hydroxylation sites is 1. The van der Waals surface area contributed by atoms with Crippen molar-refractivity contribution in [1.29, 1.82) is 0 Å². The molecule has 1 atom stereocenters. The molecule has 7 heteroatoms. The molecule has 1 amide bonds. The second-order valence-electron chi connectivity index (χ2n) is 6.93. The Hall–Kier alpha value is -2.64. The van der Waals surface area contributed by atoms with Gasteiger partial charge >= 0.3 is 0 Å². The van der Waals surface area contributed by atoms with Gasteiger partial charge in [-0.3, -0.25) is 4.79 Å². The van der Waals surface area contributed by atoms with E-state index in [9.17, 15) is 13.2 Å². The maximum Gasteiger partial charge on any atom is 0.225 e. The number of amides is 1. The van der Waals surface area contributed by atoms with Crippen molar-refractivity contribution < 1.29 is 17.9 Å². The molecule has 1 aliphatic heterocycles. The first kappa shape index (κ1) is 19.7. The van der Waals surface area contributed by atoms with Crippen molar-refractivity contribution in [2.24, 2.45) is 0 Å². The molecular weight excluding hydrogens is 406 g/mol. The molecule has 0 radical (unpaired) electrons. The number of rotatable bonds is 5. The second-order valence-corrected chi connectivity index (χ2v) is 9.76. The first-order chi connectivity index (χ1) is 13.9. The van der Waals surface area contributed by atoms with Crippen molar-refractivity contribution >= 4 is 32.8 Å². The number of sulfone groups is 1. The summed E-state index contributed by atoms with van der Waals surface area (Å²) < 4.78 is 32.3. The zero-order valence-corrected chi connectivity index (χ0v) is 17.8. The van der Waals surface area contributed by atoms with Gasteiger partial charge in [-0.1, -0.05) is 30.3 Å². The number of benzene rings is 2. The van der Waals surface area contributed by atoms with E-state index in [1.165, 1.54) is 11.3 Å². The van der Waals surface area contributed by atoms with Gasteiger partial charge in [0.1, 0.15) is 10.6 Å². The van der Waals surface area contributed by atoms with Gasteiger partial charge in [0, 0.05) is 28.2 Å². The molecule has 3 aromatic rings. The van der Waals surface area contributed by atoms with Crippen molar-refractivity contribution in [2.75, 3.05) is 11.9 Å². The fraction of sp³-hybridized carbons (Fsp3) is 0.227. The Balaban J connectivity index is 1.84. The zero-order chi connectivity index (χ0) is 20.6. The summed E-state index contributed by atoms with van der Waals surface area (Å²) in [6.45, 7) is 4.28. The van der Waals surface area contributed by atoms with Crippen LogP contribution >= 0.6 is 11.3 Å². The molecule has 1 aliphatic rings. The highest BCUT2D eigenvalue weighted by Gasteiger charge is 2.35. The van der Waals surface area contributed by atoms with Crippen LogP contribution in [0.15, 0.2) is 63.7 Å². The average molecular weight is 428 g/mol. The molecule has 5 nitrogen and oxygen atoms in total. The van der Waals surface area contributed by atoms with Crippen molar-refractivity contribution in [3.63, 3.8) is 0 Å². The van der Waals surface area contributed by atoms with Gasteiger partial charge in [-0.2, -0.15) is 0 Å². The van der Waals surface area contributed by atoms with Crippen molar-refractivity contribution in [2.45, 2.75) is 36.0 Å². The minimum absolute atomic E-state index is 0.148. The number of anilines is 1. The molecule has 2 aromatic carbocycles. The van der Waals surface area contributed by atoms with Crippen LogP contribution in [0.5, 0.6) is 5.75 Å². The Bertz CT molecular complexity index is 1180. The fourth-order valence-corrected chi connectivity index (χ4v) is 6.62. The molecule has 0 fully saturated rings. The third kappa shape index (κ3) is 3.56. The Morgan fingerprint density at radius 1 is 1.17 bits per heavy atom. The van der Waals surface area contributed by atoms with Crippen LogP contribution in [0.3, 0.4) is 0 Å². The second kappa shape index (κ2) is 7.65. The summed E-state index contributed by atoms with van der Waals surface area (Å²) in [5.74, 6) is 0.276. The van der Waals surface area contributed by atoms with Crippen molar-refractivity contribution in [1.82, 2.24) is 0 Å². The number of hydrogen-bond donors (Lipinski definition) is 1.